The summed E-state index contributed by atoms with van der Waals surface area (Å²) in [5.41, 5.74) is -4.52. The van der Waals surface area contributed by atoms with E-state index >= 15 is 0 Å². The molecule has 0 atom stereocenters. The predicted octanol–water partition coefficient (Wildman–Crippen LogP) is 2.65. The minimum Gasteiger partial charge on any atom is -0.478 e. The van der Waals surface area contributed by atoms with Gasteiger partial charge in [-0.2, -0.15) is 21.6 Å². The van der Waals surface area contributed by atoms with E-state index in [9.17, 15) is 26.4 Å². The van der Waals surface area contributed by atoms with Crippen LogP contribution in [-0.4, -0.2) is 43.0 Å². The van der Waals surface area contributed by atoms with E-state index in [4.69, 9.17) is 5.11 Å². The van der Waals surface area contributed by atoms with Gasteiger partial charge in [-0.05, 0) is 11.6 Å². The van der Waals surface area contributed by atoms with E-state index in [1.54, 1.807) is 0 Å². The minimum absolute atomic E-state index is 0.0569. The number of halogens is 3. The van der Waals surface area contributed by atoms with Gasteiger partial charge in [0.05, 0.1) is 0 Å². The standard InChI is InChI=1S/C16H16F3NO5S/c17-16(18,19)26(23,24)25-14-8-9-20(10-12-4-2-1-3-5-12)11-13(14)6-7-15(21)22/h1-7H,8-11H2,(H,21,22). The van der Waals surface area contributed by atoms with Crippen LogP contribution in [0.3, 0.4) is 0 Å². The maximum atomic E-state index is 12.5. The number of carbonyl (C=O) groups is 1. The van der Waals surface area contributed by atoms with Crippen LogP contribution in [-0.2, 0) is 25.6 Å². The highest BCUT2D eigenvalue weighted by atomic mass is 32.2. The molecule has 1 aliphatic rings. The van der Waals surface area contributed by atoms with Crippen LogP contribution in [0.15, 0.2) is 53.8 Å². The molecular weight excluding hydrogens is 375 g/mol. The van der Waals surface area contributed by atoms with Crippen molar-refractivity contribution in [2.45, 2.75) is 18.5 Å². The first-order valence-corrected chi connectivity index (χ1v) is 8.89. The molecule has 26 heavy (non-hydrogen) atoms. The maximum absolute atomic E-state index is 12.5. The molecule has 0 spiro atoms. The number of hydrogen-bond donors (Lipinski definition) is 1. The van der Waals surface area contributed by atoms with Gasteiger partial charge in [0.2, 0.25) is 0 Å². The molecule has 0 aliphatic carbocycles. The number of nitrogens with zero attached hydrogens (tertiary/aromatic N) is 1. The lowest BCUT2D eigenvalue weighted by molar-refractivity contribution is -0.131. The van der Waals surface area contributed by atoms with E-state index in [0.29, 0.717) is 6.54 Å². The minimum atomic E-state index is -5.80. The third kappa shape index (κ3) is 5.33. The molecule has 10 heteroatoms. The van der Waals surface area contributed by atoms with Crippen LogP contribution in [0.25, 0.3) is 0 Å². The van der Waals surface area contributed by atoms with Gasteiger partial charge in [-0.1, -0.05) is 30.3 Å². The average Bonchev–Trinajstić information content (AvgIpc) is 2.54. The third-order valence-electron chi connectivity index (χ3n) is 3.58. The van der Waals surface area contributed by atoms with Crippen molar-refractivity contribution in [3.05, 3.63) is 59.4 Å². The molecule has 1 aromatic rings. The summed E-state index contributed by atoms with van der Waals surface area (Å²) < 4.78 is 64.3. The van der Waals surface area contributed by atoms with Gasteiger partial charge in [0.15, 0.2) is 0 Å². The Hall–Kier alpha value is -2.33. The molecule has 1 aromatic carbocycles. The average molecular weight is 391 g/mol. The number of alkyl halides is 3. The first-order chi connectivity index (χ1) is 12.1. The van der Waals surface area contributed by atoms with Gasteiger partial charge >= 0.3 is 21.6 Å². The Morgan fingerprint density at radius 2 is 1.92 bits per heavy atom. The summed E-state index contributed by atoms with van der Waals surface area (Å²) in [7, 11) is -5.80. The van der Waals surface area contributed by atoms with Crippen molar-refractivity contribution in [1.82, 2.24) is 4.90 Å². The van der Waals surface area contributed by atoms with E-state index in [1.165, 1.54) is 0 Å². The highest BCUT2D eigenvalue weighted by Crippen LogP contribution is 2.30. The molecule has 0 bridgehead atoms. The maximum Gasteiger partial charge on any atom is 0.534 e. The number of carboxylic acids is 1. The van der Waals surface area contributed by atoms with Gasteiger partial charge in [0, 0.05) is 37.7 Å². The number of aliphatic carboxylic acids is 1. The predicted molar refractivity (Wildman–Crippen MR) is 86.2 cm³/mol. The molecule has 2 rings (SSSR count). The molecule has 1 N–H and O–H groups in total. The summed E-state index contributed by atoms with van der Waals surface area (Å²) in [5, 5.41) is 8.73. The van der Waals surface area contributed by atoms with Crippen molar-refractivity contribution >= 4 is 16.1 Å². The van der Waals surface area contributed by atoms with Crippen LogP contribution < -0.4 is 0 Å². The largest absolute Gasteiger partial charge is 0.534 e. The zero-order valence-electron chi connectivity index (χ0n) is 13.4. The Balaban J connectivity index is 2.24. The summed E-state index contributed by atoms with van der Waals surface area (Å²) in [6.07, 6.45) is 1.69. The molecule has 0 saturated heterocycles. The Kier molecular flexibility index (Phi) is 6.09. The van der Waals surface area contributed by atoms with Crippen molar-refractivity contribution in [2.75, 3.05) is 13.1 Å². The molecule has 0 amide bonds. The molecule has 6 nitrogen and oxygen atoms in total. The van der Waals surface area contributed by atoms with E-state index in [-0.39, 0.29) is 25.1 Å². The molecule has 142 valence electrons. The number of carboxylic acid groups (broad SMARTS) is 1. The van der Waals surface area contributed by atoms with Crippen molar-refractivity contribution < 1.29 is 35.7 Å². The van der Waals surface area contributed by atoms with Gasteiger partial charge in [-0.3, -0.25) is 4.90 Å². The van der Waals surface area contributed by atoms with Gasteiger partial charge in [-0.15, -0.1) is 0 Å². The van der Waals surface area contributed by atoms with Crippen LogP contribution in [0, 0.1) is 0 Å². The fraction of sp³-hybridized carbons (Fsp3) is 0.312. The van der Waals surface area contributed by atoms with Crippen LogP contribution in [0.2, 0.25) is 0 Å². The smallest absolute Gasteiger partial charge is 0.478 e. The highest BCUT2D eigenvalue weighted by molar-refractivity contribution is 7.87. The van der Waals surface area contributed by atoms with Crippen LogP contribution in [0.4, 0.5) is 13.2 Å². The molecule has 1 heterocycles. The zero-order valence-corrected chi connectivity index (χ0v) is 14.3. The summed E-state index contributed by atoms with van der Waals surface area (Å²) >= 11 is 0. The second-order valence-corrected chi connectivity index (χ2v) is 7.09. The number of hydrogen-bond acceptors (Lipinski definition) is 5. The molecule has 0 aromatic heterocycles. The summed E-state index contributed by atoms with van der Waals surface area (Å²) in [5.74, 6) is -1.71. The Morgan fingerprint density at radius 1 is 1.27 bits per heavy atom. The summed E-state index contributed by atoms with van der Waals surface area (Å²) in [6.45, 7) is 0.800. The van der Waals surface area contributed by atoms with E-state index in [1.807, 2.05) is 35.2 Å². The molecule has 0 radical (unpaired) electrons. The van der Waals surface area contributed by atoms with Gasteiger partial charge in [-0.25, -0.2) is 4.79 Å². The van der Waals surface area contributed by atoms with E-state index in [0.717, 1.165) is 17.7 Å². The van der Waals surface area contributed by atoms with Gasteiger partial charge in [0.25, 0.3) is 0 Å². The summed E-state index contributed by atoms with van der Waals surface area (Å²) in [4.78, 5) is 12.6. The molecular formula is C16H16F3NO5S. The topological polar surface area (TPSA) is 83.9 Å². The fourth-order valence-corrected chi connectivity index (χ4v) is 2.95. The highest BCUT2D eigenvalue weighted by Gasteiger charge is 2.49. The molecule has 1 aliphatic heterocycles. The second kappa shape index (κ2) is 7.92. The van der Waals surface area contributed by atoms with Crippen LogP contribution in [0.1, 0.15) is 12.0 Å². The molecule has 0 unspecified atom stereocenters. The third-order valence-corrected chi connectivity index (χ3v) is 4.56. The van der Waals surface area contributed by atoms with Crippen molar-refractivity contribution in [1.29, 1.82) is 0 Å². The van der Waals surface area contributed by atoms with Crippen molar-refractivity contribution in [2.24, 2.45) is 0 Å². The fourth-order valence-electron chi connectivity index (χ4n) is 2.40. The van der Waals surface area contributed by atoms with E-state index in [2.05, 4.69) is 4.18 Å². The first-order valence-electron chi connectivity index (χ1n) is 7.48. The Morgan fingerprint density at radius 3 is 2.50 bits per heavy atom. The normalized spacial score (nSPS) is 16.9. The quantitative estimate of drug-likeness (QED) is 0.456. The van der Waals surface area contributed by atoms with Crippen LogP contribution in [0.5, 0.6) is 0 Å². The van der Waals surface area contributed by atoms with E-state index < -0.39 is 27.4 Å². The van der Waals surface area contributed by atoms with Gasteiger partial charge < -0.3 is 9.29 Å². The lowest BCUT2D eigenvalue weighted by atomic mass is 10.1. The zero-order chi connectivity index (χ0) is 19.4. The van der Waals surface area contributed by atoms with Gasteiger partial charge in [0.1, 0.15) is 5.76 Å². The van der Waals surface area contributed by atoms with Crippen molar-refractivity contribution in [3.63, 3.8) is 0 Å². The SMILES string of the molecule is O=C(O)C=CC1=C(OS(=O)(=O)C(F)(F)F)CCN(Cc2ccccc2)C1. The second-order valence-electron chi connectivity index (χ2n) is 5.55. The van der Waals surface area contributed by atoms with Crippen molar-refractivity contribution in [3.8, 4) is 0 Å². The lowest BCUT2D eigenvalue weighted by Crippen LogP contribution is -2.33. The molecule has 0 saturated carbocycles. The molecule has 0 fully saturated rings. The number of rotatable bonds is 6. The monoisotopic (exact) mass is 391 g/mol. The Bertz CT molecular complexity index is 816. The number of benzene rings is 1. The first kappa shape index (κ1) is 20.0. The lowest BCUT2D eigenvalue weighted by Gasteiger charge is -2.29. The Labute approximate surface area is 148 Å². The summed E-state index contributed by atoms with van der Waals surface area (Å²) in [6, 6.07) is 9.26. The van der Waals surface area contributed by atoms with Crippen LogP contribution >= 0.6 is 0 Å².